The molecule has 0 bridgehead atoms. The van der Waals surface area contributed by atoms with Crippen molar-refractivity contribution in [2.45, 2.75) is 45.6 Å². The first-order valence-electron chi connectivity index (χ1n) is 7.05. The summed E-state index contributed by atoms with van der Waals surface area (Å²) < 4.78 is 0. The lowest BCUT2D eigenvalue weighted by atomic mass is 9.87. The fraction of sp³-hybridized carbons (Fsp3) is 0.643. The molecule has 1 fully saturated rings. The Bertz CT molecular complexity index is 427. The van der Waals surface area contributed by atoms with Gasteiger partial charge in [0.15, 0.2) is 0 Å². The summed E-state index contributed by atoms with van der Waals surface area (Å²) in [6.07, 6.45) is 7.65. The van der Waals surface area contributed by atoms with Gasteiger partial charge in [-0.15, -0.1) is 0 Å². The second-order valence-electron chi connectivity index (χ2n) is 5.25. The van der Waals surface area contributed by atoms with Gasteiger partial charge in [-0.1, -0.05) is 6.92 Å². The molecule has 2 rings (SSSR count). The monoisotopic (exact) mass is 262 g/mol. The highest BCUT2D eigenvalue weighted by Gasteiger charge is 2.20. The molecule has 1 aromatic rings. The third kappa shape index (κ3) is 3.91. The number of hydrogen-bond donors (Lipinski definition) is 2. The quantitative estimate of drug-likeness (QED) is 0.873. The third-order valence-corrected chi connectivity index (χ3v) is 3.58. The van der Waals surface area contributed by atoms with Crippen LogP contribution in [0.5, 0.6) is 0 Å². The SMILES string of the molecule is CCNc1cncc(C(=O)NC2CCC(C)CC2)n1. The molecule has 0 radical (unpaired) electrons. The highest BCUT2D eigenvalue weighted by molar-refractivity contribution is 5.92. The molecule has 0 aromatic carbocycles. The van der Waals surface area contributed by atoms with Crippen molar-refractivity contribution in [1.82, 2.24) is 15.3 Å². The minimum Gasteiger partial charge on any atom is -0.369 e. The lowest BCUT2D eigenvalue weighted by molar-refractivity contribution is 0.0917. The van der Waals surface area contributed by atoms with Crippen LogP contribution < -0.4 is 10.6 Å². The smallest absolute Gasteiger partial charge is 0.271 e. The van der Waals surface area contributed by atoms with Crippen molar-refractivity contribution in [2.24, 2.45) is 5.92 Å². The van der Waals surface area contributed by atoms with Crippen molar-refractivity contribution >= 4 is 11.7 Å². The summed E-state index contributed by atoms with van der Waals surface area (Å²) in [5, 5.41) is 6.11. The first-order chi connectivity index (χ1) is 9.19. The van der Waals surface area contributed by atoms with Crippen LogP contribution in [0.2, 0.25) is 0 Å². The van der Waals surface area contributed by atoms with Crippen molar-refractivity contribution in [3.8, 4) is 0 Å². The van der Waals surface area contributed by atoms with Crippen molar-refractivity contribution < 1.29 is 4.79 Å². The summed E-state index contributed by atoms with van der Waals surface area (Å²) in [6, 6.07) is 0.285. The Balaban J connectivity index is 1.94. The van der Waals surface area contributed by atoms with E-state index in [1.807, 2.05) is 6.92 Å². The summed E-state index contributed by atoms with van der Waals surface area (Å²) in [5.41, 5.74) is 0.386. The molecule has 5 heteroatoms. The first kappa shape index (κ1) is 13.8. The second-order valence-corrected chi connectivity index (χ2v) is 5.25. The number of amides is 1. The third-order valence-electron chi connectivity index (χ3n) is 3.58. The van der Waals surface area contributed by atoms with E-state index in [1.54, 1.807) is 6.20 Å². The summed E-state index contributed by atoms with van der Waals surface area (Å²) in [6.45, 7) is 5.02. The Kier molecular flexibility index (Phi) is 4.71. The van der Waals surface area contributed by atoms with Crippen LogP contribution in [0.25, 0.3) is 0 Å². The number of carbonyl (C=O) groups excluding carboxylic acids is 1. The number of nitrogens with one attached hydrogen (secondary N) is 2. The molecule has 104 valence electrons. The van der Waals surface area contributed by atoms with Crippen LogP contribution in [0.4, 0.5) is 5.82 Å². The summed E-state index contributed by atoms with van der Waals surface area (Å²) in [5.74, 6) is 1.31. The molecule has 1 heterocycles. The maximum Gasteiger partial charge on any atom is 0.271 e. The van der Waals surface area contributed by atoms with Crippen LogP contribution in [0.3, 0.4) is 0 Å². The number of rotatable bonds is 4. The van der Waals surface area contributed by atoms with Gasteiger partial charge in [-0.3, -0.25) is 9.78 Å². The van der Waals surface area contributed by atoms with E-state index in [4.69, 9.17) is 0 Å². The average Bonchev–Trinajstić information content (AvgIpc) is 2.42. The standard InChI is InChI=1S/C14H22N4O/c1-3-16-13-9-15-8-12(18-13)14(19)17-11-6-4-10(2)5-7-11/h8-11H,3-7H2,1-2H3,(H,16,18)(H,17,19). The van der Waals surface area contributed by atoms with E-state index < -0.39 is 0 Å². The average molecular weight is 262 g/mol. The Hall–Kier alpha value is -1.65. The molecule has 0 aliphatic heterocycles. The Morgan fingerprint density at radius 2 is 2.05 bits per heavy atom. The second kappa shape index (κ2) is 6.50. The van der Waals surface area contributed by atoms with Crippen molar-refractivity contribution in [3.05, 3.63) is 18.1 Å². The van der Waals surface area contributed by atoms with Gasteiger partial charge in [0.1, 0.15) is 11.5 Å². The fourth-order valence-electron chi connectivity index (χ4n) is 2.41. The van der Waals surface area contributed by atoms with Crippen LogP contribution in [-0.2, 0) is 0 Å². The molecule has 2 N–H and O–H groups in total. The van der Waals surface area contributed by atoms with Crippen LogP contribution in [0.1, 0.15) is 50.0 Å². The summed E-state index contributed by atoms with van der Waals surface area (Å²) in [7, 11) is 0. The van der Waals surface area contributed by atoms with Crippen molar-refractivity contribution in [1.29, 1.82) is 0 Å². The van der Waals surface area contributed by atoms with E-state index in [-0.39, 0.29) is 11.9 Å². The van der Waals surface area contributed by atoms with Gasteiger partial charge in [-0.05, 0) is 38.5 Å². The predicted molar refractivity (Wildman–Crippen MR) is 75.1 cm³/mol. The molecule has 0 atom stereocenters. The zero-order chi connectivity index (χ0) is 13.7. The fourth-order valence-corrected chi connectivity index (χ4v) is 2.41. The zero-order valence-corrected chi connectivity index (χ0v) is 11.6. The lowest BCUT2D eigenvalue weighted by Gasteiger charge is -2.26. The van der Waals surface area contributed by atoms with Gasteiger partial charge < -0.3 is 10.6 Å². The van der Waals surface area contributed by atoms with E-state index in [2.05, 4.69) is 27.5 Å². The van der Waals surface area contributed by atoms with Crippen LogP contribution in [0, 0.1) is 5.92 Å². The maximum absolute atomic E-state index is 12.1. The number of aromatic nitrogens is 2. The molecular formula is C14H22N4O. The molecule has 0 unspecified atom stereocenters. The van der Waals surface area contributed by atoms with Crippen LogP contribution in [-0.4, -0.2) is 28.5 Å². The number of anilines is 1. The van der Waals surface area contributed by atoms with Gasteiger partial charge in [-0.25, -0.2) is 4.98 Å². The summed E-state index contributed by atoms with van der Waals surface area (Å²) >= 11 is 0. The molecule has 5 nitrogen and oxygen atoms in total. The normalized spacial score (nSPS) is 22.8. The molecule has 1 aromatic heterocycles. The molecule has 0 saturated heterocycles. The van der Waals surface area contributed by atoms with E-state index in [0.717, 1.165) is 25.3 Å². The van der Waals surface area contributed by atoms with Crippen LogP contribution in [0.15, 0.2) is 12.4 Å². The molecule has 1 amide bonds. The van der Waals surface area contributed by atoms with Gasteiger partial charge in [0.2, 0.25) is 0 Å². The van der Waals surface area contributed by atoms with Gasteiger partial charge in [0, 0.05) is 12.6 Å². The van der Waals surface area contributed by atoms with E-state index >= 15 is 0 Å². The lowest BCUT2D eigenvalue weighted by Crippen LogP contribution is -2.37. The van der Waals surface area contributed by atoms with Crippen LogP contribution >= 0.6 is 0 Å². The highest BCUT2D eigenvalue weighted by Crippen LogP contribution is 2.23. The van der Waals surface area contributed by atoms with Gasteiger partial charge >= 0.3 is 0 Å². The molecular weight excluding hydrogens is 240 g/mol. The van der Waals surface area contributed by atoms with E-state index in [9.17, 15) is 4.79 Å². The van der Waals surface area contributed by atoms with Gasteiger partial charge in [0.25, 0.3) is 5.91 Å². The van der Waals surface area contributed by atoms with E-state index in [0.29, 0.717) is 11.5 Å². The van der Waals surface area contributed by atoms with Gasteiger partial charge in [-0.2, -0.15) is 0 Å². The number of nitrogens with zero attached hydrogens (tertiary/aromatic N) is 2. The molecule has 1 saturated carbocycles. The molecule has 1 aliphatic carbocycles. The Morgan fingerprint density at radius 1 is 1.32 bits per heavy atom. The topological polar surface area (TPSA) is 66.9 Å². The molecule has 19 heavy (non-hydrogen) atoms. The predicted octanol–water partition coefficient (Wildman–Crippen LogP) is 2.22. The Morgan fingerprint density at radius 3 is 2.74 bits per heavy atom. The Labute approximate surface area is 114 Å². The summed E-state index contributed by atoms with van der Waals surface area (Å²) in [4.78, 5) is 20.4. The zero-order valence-electron chi connectivity index (χ0n) is 11.6. The van der Waals surface area contributed by atoms with Crippen molar-refractivity contribution in [3.63, 3.8) is 0 Å². The minimum absolute atomic E-state index is 0.119. The molecule has 1 aliphatic rings. The highest BCUT2D eigenvalue weighted by atomic mass is 16.1. The first-order valence-corrected chi connectivity index (χ1v) is 7.05. The van der Waals surface area contributed by atoms with Crippen molar-refractivity contribution in [2.75, 3.05) is 11.9 Å². The van der Waals surface area contributed by atoms with E-state index in [1.165, 1.54) is 19.0 Å². The van der Waals surface area contributed by atoms with Gasteiger partial charge in [0.05, 0.1) is 12.4 Å². The number of hydrogen-bond acceptors (Lipinski definition) is 4. The molecule has 0 spiro atoms. The largest absolute Gasteiger partial charge is 0.369 e. The number of carbonyl (C=O) groups is 1. The minimum atomic E-state index is -0.119. The maximum atomic E-state index is 12.1.